The van der Waals surface area contributed by atoms with E-state index in [9.17, 15) is 14.4 Å². The van der Waals surface area contributed by atoms with E-state index in [2.05, 4.69) is 15.6 Å². The summed E-state index contributed by atoms with van der Waals surface area (Å²) in [6.45, 7) is 1.34. The molecule has 3 aromatic rings. The van der Waals surface area contributed by atoms with Gasteiger partial charge in [-0.3, -0.25) is 19.4 Å². The standard InChI is InChI=1S/C23H24N4O3/c1-15(28)25-21(13-16-7-3-2-4-8-16)23(30)27-20(22(24)29)14-18-12-11-17-9-5-6-10-19(17)26-18/h2-12,20-21H,13-14H2,1H3,(H2,24,29)(H,25,28)(H,27,30)/t20-,21-/m1/s1. The number of para-hydroxylation sites is 1. The highest BCUT2D eigenvalue weighted by atomic mass is 16.2. The largest absolute Gasteiger partial charge is 0.368 e. The van der Waals surface area contributed by atoms with E-state index in [1.54, 1.807) is 6.07 Å². The molecule has 0 aliphatic heterocycles. The molecule has 1 heterocycles. The van der Waals surface area contributed by atoms with Crippen molar-refractivity contribution in [1.82, 2.24) is 15.6 Å². The third-order valence-corrected chi connectivity index (χ3v) is 4.71. The molecule has 2 aromatic carbocycles. The molecule has 30 heavy (non-hydrogen) atoms. The summed E-state index contributed by atoms with van der Waals surface area (Å²) in [6.07, 6.45) is 0.454. The van der Waals surface area contributed by atoms with Gasteiger partial charge in [-0.15, -0.1) is 0 Å². The van der Waals surface area contributed by atoms with E-state index in [0.717, 1.165) is 16.5 Å². The van der Waals surface area contributed by atoms with Crippen molar-refractivity contribution in [2.75, 3.05) is 0 Å². The number of pyridine rings is 1. The molecule has 0 saturated carbocycles. The van der Waals surface area contributed by atoms with Gasteiger partial charge in [0.1, 0.15) is 12.1 Å². The SMILES string of the molecule is CC(=O)N[C@H](Cc1ccccc1)C(=O)N[C@H](Cc1ccc2ccccc2n1)C(N)=O. The summed E-state index contributed by atoms with van der Waals surface area (Å²) < 4.78 is 0. The summed E-state index contributed by atoms with van der Waals surface area (Å²) in [5.74, 6) is -1.48. The van der Waals surface area contributed by atoms with Crippen molar-refractivity contribution >= 4 is 28.6 Å². The Morgan fingerprint density at radius 1 is 0.867 bits per heavy atom. The Balaban J connectivity index is 1.74. The lowest BCUT2D eigenvalue weighted by Crippen LogP contribution is -2.54. The van der Waals surface area contributed by atoms with E-state index >= 15 is 0 Å². The number of carbonyl (C=O) groups is 3. The highest BCUT2D eigenvalue weighted by Gasteiger charge is 2.25. The first-order valence-corrected chi connectivity index (χ1v) is 9.68. The Hall–Kier alpha value is -3.74. The molecule has 0 spiro atoms. The molecule has 7 nitrogen and oxygen atoms in total. The predicted octanol–water partition coefficient (Wildman–Crippen LogP) is 1.49. The maximum Gasteiger partial charge on any atom is 0.243 e. The zero-order valence-corrected chi connectivity index (χ0v) is 16.7. The first kappa shape index (κ1) is 21.0. The zero-order valence-electron chi connectivity index (χ0n) is 16.7. The van der Waals surface area contributed by atoms with Crippen LogP contribution >= 0.6 is 0 Å². The second-order valence-corrected chi connectivity index (χ2v) is 7.11. The molecule has 2 atom stereocenters. The van der Waals surface area contributed by atoms with E-state index in [-0.39, 0.29) is 12.3 Å². The summed E-state index contributed by atoms with van der Waals surface area (Å²) in [7, 11) is 0. The summed E-state index contributed by atoms with van der Waals surface area (Å²) in [5, 5.41) is 6.29. The molecule has 0 aliphatic carbocycles. The molecule has 0 saturated heterocycles. The normalized spacial score (nSPS) is 12.7. The summed E-state index contributed by atoms with van der Waals surface area (Å²) in [4.78, 5) is 41.0. The van der Waals surface area contributed by atoms with Crippen LogP contribution in [-0.2, 0) is 27.2 Å². The minimum Gasteiger partial charge on any atom is -0.368 e. The Morgan fingerprint density at radius 2 is 1.57 bits per heavy atom. The molecule has 3 rings (SSSR count). The second-order valence-electron chi connectivity index (χ2n) is 7.11. The monoisotopic (exact) mass is 404 g/mol. The fourth-order valence-corrected chi connectivity index (χ4v) is 3.23. The number of primary amides is 1. The average Bonchev–Trinajstić information content (AvgIpc) is 2.73. The number of nitrogens with zero attached hydrogens (tertiary/aromatic N) is 1. The fourth-order valence-electron chi connectivity index (χ4n) is 3.23. The van der Waals surface area contributed by atoms with Crippen LogP contribution in [0.5, 0.6) is 0 Å². The minimum absolute atomic E-state index is 0.157. The minimum atomic E-state index is -0.946. The number of carbonyl (C=O) groups excluding carboxylic acids is 3. The van der Waals surface area contributed by atoms with Crippen LogP contribution in [0, 0.1) is 0 Å². The number of hydrogen-bond donors (Lipinski definition) is 3. The van der Waals surface area contributed by atoms with Crippen LogP contribution in [0.3, 0.4) is 0 Å². The third kappa shape index (κ3) is 5.64. The average molecular weight is 404 g/mol. The van der Waals surface area contributed by atoms with Crippen LogP contribution < -0.4 is 16.4 Å². The third-order valence-electron chi connectivity index (χ3n) is 4.71. The van der Waals surface area contributed by atoms with Crippen molar-refractivity contribution in [1.29, 1.82) is 0 Å². The number of benzene rings is 2. The van der Waals surface area contributed by atoms with Gasteiger partial charge in [0.2, 0.25) is 17.7 Å². The van der Waals surface area contributed by atoms with Gasteiger partial charge in [0.05, 0.1) is 5.52 Å². The topological polar surface area (TPSA) is 114 Å². The molecule has 4 N–H and O–H groups in total. The van der Waals surface area contributed by atoms with Crippen LogP contribution in [0.15, 0.2) is 66.7 Å². The zero-order chi connectivity index (χ0) is 21.5. The fraction of sp³-hybridized carbons (Fsp3) is 0.217. The molecule has 7 heteroatoms. The Bertz CT molecular complexity index is 1050. The first-order valence-electron chi connectivity index (χ1n) is 9.68. The molecule has 0 unspecified atom stereocenters. The number of hydrogen-bond acceptors (Lipinski definition) is 4. The van der Waals surface area contributed by atoms with Gasteiger partial charge in [-0.2, -0.15) is 0 Å². The molecule has 154 valence electrons. The predicted molar refractivity (Wildman–Crippen MR) is 114 cm³/mol. The van der Waals surface area contributed by atoms with Crippen molar-refractivity contribution in [2.24, 2.45) is 5.73 Å². The van der Waals surface area contributed by atoms with Crippen molar-refractivity contribution in [3.05, 3.63) is 78.0 Å². The van der Waals surface area contributed by atoms with Crippen LogP contribution in [0.1, 0.15) is 18.2 Å². The highest BCUT2D eigenvalue weighted by Crippen LogP contribution is 2.13. The molecule has 0 bridgehead atoms. The lowest BCUT2D eigenvalue weighted by molar-refractivity contribution is -0.130. The molecular formula is C23H24N4O3. The van der Waals surface area contributed by atoms with Gasteiger partial charge < -0.3 is 16.4 Å². The lowest BCUT2D eigenvalue weighted by atomic mass is 10.0. The number of nitrogens with one attached hydrogen (secondary N) is 2. The van der Waals surface area contributed by atoms with Gasteiger partial charge in [0.25, 0.3) is 0 Å². The molecule has 0 fully saturated rings. The van der Waals surface area contributed by atoms with Gasteiger partial charge in [0.15, 0.2) is 0 Å². The van der Waals surface area contributed by atoms with Crippen LogP contribution in [0.2, 0.25) is 0 Å². The van der Waals surface area contributed by atoms with E-state index in [0.29, 0.717) is 12.1 Å². The van der Waals surface area contributed by atoms with Gasteiger partial charge >= 0.3 is 0 Å². The number of nitrogens with two attached hydrogens (primary N) is 1. The van der Waals surface area contributed by atoms with Crippen molar-refractivity contribution in [3.63, 3.8) is 0 Å². The van der Waals surface area contributed by atoms with Crippen molar-refractivity contribution < 1.29 is 14.4 Å². The quantitative estimate of drug-likeness (QED) is 0.528. The van der Waals surface area contributed by atoms with E-state index in [4.69, 9.17) is 5.73 Å². The van der Waals surface area contributed by atoms with Gasteiger partial charge in [-0.05, 0) is 17.7 Å². The first-order chi connectivity index (χ1) is 14.4. The highest BCUT2D eigenvalue weighted by molar-refractivity contribution is 5.91. The van der Waals surface area contributed by atoms with Gasteiger partial charge in [-0.25, -0.2) is 0 Å². The van der Waals surface area contributed by atoms with Crippen molar-refractivity contribution in [2.45, 2.75) is 31.8 Å². The Morgan fingerprint density at radius 3 is 2.27 bits per heavy atom. The lowest BCUT2D eigenvalue weighted by Gasteiger charge is -2.21. The van der Waals surface area contributed by atoms with Crippen LogP contribution in [-0.4, -0.2) is 34.8 Å². The summed E-state index contributed by atoms with van der Waals surface area (Å²) in [5.41, 5.74) is 7.85. The van der Waals surface area contributed by atoms with E-state index < -0.39 is 23.9 Å². The molecule has 3 amide bonds. The Labute approximate surface area is 174 Å². The van der Waals surface area contributed by atoms with E-state index in [1.165, 1.54) is 6.92 Å². The van der Waals surface area contributed by atoms with Crippen molar-refractivity contribution in [3.8, 4) is 0 Å². The van der Waals surface area contributed by atoms with Gasteiger partial charge in [-0.1, -0.05) is 54.6 Å². The molecular weight excluding hydrogens is 380 g/mol. The molecule has 1 aromatic heterocycles. The molecule has 0 radical (unpaired) electrons. The van der Waals surface area contributed by atoms with Crippen LogP contribution in [0.25, 0.3) is 10.9 Å². The number of rotatable bonds is 8. The smallest absolute Gasteiger partial charge is 0.243 e. The maximum absolute atomic E-state index is 12.8. The summed E-state index contributed by atoms with van der Waals surface area (Å²) >= 11 is 0. The second kappa shape index (κ2) is 9.65. The van der Waals surface area contributed by atoms with Gasteiger partial charge in [0, 0.05) is 30.8 Å². The van der Waals surface area contributed by atoms with E-state index in [1.807, 2.05) is 60.7 Å². The number of amides is 3. The Kier molecular flexibility index (Phi) is 6.75. The number of aromatic nitrogens is 1. The summed E-state index contributed by atoms with van der Waals surface area (Å²) in [6, 6.07) is 18.9. The maximum atomic E-state index is 12.8. The number of fused-ring (bicyclic) bond motifs is 1. The van der Waals surface area contributed by atoms with Crippen LogP contribution in [0.4, 0.5) is 0 Å². The molecule has 0 aliphatic rings.